The fourth-order valence-corrected chi connectivity index (χ4v) is 11.6. The summed E-state index contributed by atoms with van der Waals surface area (Å²) in [6, 6.07) is -0.623. The summed E-state index contributed by atoms with van der Waals surface area (Å²) in [6.45, 7) is 4.86. The number of carbonyl (C=O) groups is 2. The number of unbranched alkanes of at least 4 members (excludes halogenated alkanes) is 54. The van der Waals surface area contributed by atoms with E-state index in [9.17, 15) is 19.8 Å². The van der Waals surface area contributed by atoms with E-state index in [-0.39, 0.29) is 18.5 Å². The van der Waals surface area contributed by atoms with Crippen molar-refractivity contribution >= 4 is 11.9 Å². The van der Waals surface area contributed by atoms with Crippen LogP contribution in [0.4, 0.5) is 0 Å². The van der Waals surface area contributed by atoms with Crippen molar-refractivity contribution in [3.05, 3.63) is 36.5 Å². The number of hydrogen-bond donors (Lipinski definition) is 3. The van der Waals surface area contributed by atoms with Crippen LogP contribution >= 0.6 is 0 Å². The van der Waals surface area contributed by atoms with Crippen molar-refractivity contribution in [2.75, 3.05) is 13.2 Å². The minimum absolute atomic E-state index is 0.00798. The van der Waals surface area contributed by atoms with Gasteiger partial charge in [0.25, 0.3) is 0 Å². The molecule has 0 spiro atoms. The van der Waals surface area contributed by atoms with Crippen molar-refractivity contribution in [3.63, 3.8) is 0 Å². The zero-order chi connectivity index (χ0) is 58.5. The second kappa shape index (κ2) is 70.6. The molecule has 2 atom stereocenters. The van der Waals surface area contributed by atoms with E-state index < -0.39 is 12.1 Å². The molecule has 0 aromatic heterocycles. The Balaban J connectivity index is 3.31. The molecule has 478 valence electrons. The van der Waals surface area contributed by atoms with E-state index >= 15 is 0 Å². The van der Waals surface area contributed by atoms with Crippen LogP contribution in [0.5, 0.6) is 0 Å². The van der Waals surface area contributed by atoms with Gasteiger partial charge in [-0.05, 0) is 57.8 Å². The van der Waals surface area contributed by atoms with Gasteiger partial charge in [0.2, 0.25) is 5.91 Å². The molecule has 2 unspecified atom stereocenters. The van der Waals surface area contributed by atoms with Gasteiger partial charge < -0.3 is 20.3 Å². The van der Waals surface area contributed by atoms with E-state index in [4.69, 9.17) is 4.74 Å². The number of aliphatic hydroxyl groups is 2. The minimum Gasteiger partial charge on any atom is -0.466 e. The van der Waals surface area contributed by atoms with Gasteiger partial charge >= 0.3 is 5.97 Å². The second-order valence-electron chi connectivity index (χ2n) is 25.3. The highest BCUT2D eigenvalue weighted by molar-refractivity contribution is 5.76. The molecule has 6 nitrogen and oxygen atoms in total. The highest BCUT2D eigenvalue weighted by Crippen LogP contribution is 2.19. The van der Waals surface area contributed by atoms with Crippen LogP contribution in [0.3, 0.4) is 0 Å². The van der Waals surface area contributed by atoms with Gasteiger partial charge in [-0.15, -0.1) is 0 Å². The van der Waals surface area contributed by atoms with Gasteiger partial charge in [-0.1, -0.05) is 371 Å². The topological polar surface area (TPSA) is 95.9 Å². The number of allylic oxidation sites excluding steroid dienone is 5. The molecule has 0 aliphatic heterocycles. The molecule has 1 amide bonds. The molecule has 0 aliphatic rings. The van der Waals surface area contributed by atoms with Crippen molar-refractivity contribution in [1.82, 2.24) is 5.32 Å². The van der Waals surface area contributed by atoms with Crippen LogP contribution in [0, 0.1) is 0 Å². The lowest BCUT2D eigenvalue weighted by Crippen LogP contribution is -2.45. The molecule has 6 heteroatoms. The molecule has 0 aromatic carbocycles. The zero-order valence-corrected chi connectivity index (χ0v) is 54.8. The highest BCUT2D eigenvalue weighted by atomic mass is 16.5. The molecule has 0 saturated carbocycles. The molecule has 0 aromatic rings. The van der Waals surface area contributed by atoms with Gasteiger partial charge in [0, 0.05) is 12.8 Å². The maximum atomic E-state index is 12.5. The summed E-state index contributed by atoms with van der Waals surface area (Å²) in [7, 11) is 0. The summed E-state index contributed by atoms with van der Waals surface area (Å²) >= 11 is 0. The monoisotopic (exact) mass is 1140 g/mol. The van der Waals surface area contributed by atoms with E-state index in [0.29, 0.717) is 19.4 Å². The number of hydrogen-bond acceptors (Lipinski definition) is 5. The van der Waals surface area contributed by atoms with Crippen LogP contribution in [-0.4, -0.2) is 47.4 Å². The Labute approximate surface area is 506 Å². The lowest BCUT2D eigenvalue weighted by atomic mass is 10.0. The van der Waals surface area contributed by atoms with Crippen molar-refractivity contribution in [2.45, 2.75) is 418 Å². The normalized spacial score (nSPS) is 12.7. The summed E-state index contributed by atoms with van der Waals surface area (Å²) in [4.78, 5) is 24.5. The van der Waals surface area contributed by atoms with Crippen molar-refractivity contribution < 1.29 is 24.5 Å². The molecule has 0 saturated heterocycles. The first-order valence-corrected chi connectivity index (χ1v) is 36.8. The number of amides is 1. The maximum Gasteiger partial charge on any atom is 0.305 e. The number of rotatable bonds is 69. The molecule has 81 heavy (non-hydrogen) atoms. The molecule has 0 aliphatic carbocycles. The first kappa shape index (κ1) is 79.1. The number of esters is 1. The summed E-state index contributed by atoms with van der Waals surface area (Å²) in [5.41, 5.74) is 0. The molecule has 3 N–H and O–H groups in total. The van der Waals surface area contributed by atoms with Gasteiger partial charge in [0.15, 0.2) is 0 Å². The van der Waals surface area contributed by atoms with E-state index in [0.717, 1.165) is 51.4 Å². The first-order chi connectivity index (χ1) is 40.0. The van der Waals surface area contributed by atoms with E-state index in [1.54, 1.807) is 6.08 Å². The molecule has 0 radical (unpaired) electrons. The Hall–Kier alpha value is -1.92. The smallest absolute Gasteiger partial charge is 0.305 e. The van der Waals surface area contributed by atoms with Crippen LogP contribution in [-0.2, 0) is 14.3 Å². The summed E-state index contributed by atoms with van der Waals surface area (Å²) < 4.78 is 5.48. The Morgan fingerprint density at radius 3 is 0.988 bits per heavy atom. The van der Waals surface area contributed by atoms with Crippen molar-refractivity contribution in [3.8, 4) is 0 Å². The predicted molar refractivity (Wildman–Crippen MR) is 356 cm³/mol. The van der Waals surface area contributed by atoms with E-state index in [1.165, 1.54) is 327 Å². The maximum absolute atomic E-state index is 12.5. The van der Waals surface area contributed by atoms with E-state index in [1.807, 2.05) is 6.08 Å². The average molecular weight is 1140 g/mol. The van der Waals surface area contributed by atoms with Gasteiger partial charge in [-0.2, -0.15) is 0 Å². The van der Waals surface area contributed by atoms with Crippen LogP contribution in [0.1, 0.15) is 406 Å². The Morgan fingerprint density at radius 1 is 0.346 bits per heavy atom. The van der Waals surface area contributed by atoms with Gasteiger partial charge in [0.05, 0.1) is 25.4 Å². The number of carbonyl (C=O) groups excluding carboxylic acids is 2. The van der Waals surface area contributed by atoms with Crippen LogP contribution < -0.4 is 5.32 Å². The third-order valence-corrected chi connectivity index (χ3v) is 17.1. The van der Waals surface area contributed by atoms with Gasteiger partial charge in [-0.25, -0.2) is 0 Å². The lowest BCUT2D eigenvalue weighted by Gasteiger charge is -2.20. The molecule has 0 bridgehead atoms. The fraction of sp³-hybridized carbons (Fsp3) is 0.893. The third-order valence-electron chi connectivity index (χ3n) is 17.1. The van der Waals surface area contributed by atoms with Crippen LogP contribution in [0.2, 0.25) is 0 Å². The molecular formula is C75H143NO5. The van der Waals surface area contributed by atoms with Crippen molar-refractivity contribution in [1.29, 1.82) is 0 Å². The van der Waals surface area contributed by atoms with Crippen LogP contribution in [0.15, 0.2) is 36.5 Å². The number of nitrogens with one attached hydrogen (secondary N) is 1. The highest BCUT2D eigenvalue weighted by Gasteiger charge is 2.18. The predicted octanol–water partition coefficient (Wildman–Crippen LogP) is 23.9. The third kappa shape index (κ3) is 67.1. The first-order valence-electron chi connectivity index (χ1n) is 36.8. The standard InChI is InChI=1S/C75H143NO5/c1-3-5-7-9-11-13-15-17-44-47-51-55-59-63-67-73(78)72(71-77)76-74(79)68-64-60-56-52-48-45-41-39-37-35-33-31-29-27-25-23-21-19-18-20-22-24-26-28-30-32-34-36-38-40-42-46-50-54-58-62-66-70-81-75(80)69-65-61-57-53-49-43-16-14-12-10-8-6-4-2/h8,10,14,16,63,67,72-73,77-78H,3-7,9,11-13,15,17-62,64-66,68-71H2,1-2H3,(H,76,79)/b10-8-,16-14-,67-63+. The zero-order valence-electron chi connectivity index (χ0n) is 54.8. The summed E-state index contributed by atoms with van der Waals surface area (Å²) in [5, 5.41) is 23.2. The quantitative estimate of drug-likeness (QED) is 0.0320. The summed E-state index contributed by atoms with van der Waals surface area (Å²) in [6.07, 6.45) is 91.2. The minimum atomic E-state index is -0.840. The Bertz CT molecular complexity index is 1310. The second-order valence-corrected chi connectivity index (χ2v) is 25.3. The Morgan fingerprint density at radius 2 is 0.642 bits per heavy atom. The number of ether oxygens (including phenoxy) is 1. The van der Waals surface area contributed by atoms with Crippen LogP contribution in [0.25, 0.3) is 0 Å². The number of aliphatic hydroxyl groups excluding tert-OH is 2. The lowest BCUT2D eigenvalue weighted by molar-refractivity contribution is -0.143. The molecule has 0 rings (SSSR count). The molecule has 0 heterocycles. The molecule has 0 fully saturated rings. The van der Waals surface area contributed by atoms with Crippen molar-refractivity contribution in [2.24, 2.45) is 0 Å². The van der Waals surface area contributed by atoms with Gasteiger partial charge in [-0.3, -0.25) is 9.59 Å². The Kier molecular flexibility index (Phi) is 68.9. The van der Waals surface area contributed by atoms with Gasteiger partial charge in [0.1, 0.15) is 0 Å². The largest absolute Gasteiger partial charge is 0.466 e. The SMILES string of the molecule is CCC/C=C\C/C=C\CCCCCCCC(=O)OCCCCCCCCCCCCCCCCCCCCCCCCCCCCCCCCCCCCCCCC(=O)NC(CO)C(O)/C=C/CCCCCCCCCCCCCC. The average Bonchev–Trinajstić information content (AvgIpc) is 3.47. The fourth-order valence-electron chi connectivity index (χ4n) is 11.6. The van der Waals surface area contributed by atoms with E-state index in [2.05, 4.69) is 43.5 Å². The summed E-state index contributed by atoms with van der Waals surface area (Å²) in [5.74, 6) is -0.0522. The molecular weight excluding hydrogens is 995 g/mol.